The van der Waals surface area contributed by atoms with Gasteiger partial charge in [0.05, 0.1) is 13.7 Å². The summed E-state index contributed by atoms with van der Waals surface area (Å²) in [5.74, 6) is -0.486. The molecule has 1 saturated heterocycles. The molecule has 0 aliphatic carbocycles. The van der Waals surface area contributed by atoms with Crippen LogP contribution in [0.2, 0.25) is 0 Å². The molecule has 2 aromatic rings. The first-order valence-corrected chi connectivity index (χ1v) is 9.96. The van der Waals surface area contributed by atoms with Crippen LogP contribution < -0.4 is 9.64 Å². The van der Waals surface area contributed by atoms with E-state index in [1.165, 1.54) is 25.3 Å². The maximum atomic E-state index is 13.0. The number of benzene rings is 1. The highest BCUT2D eigenvalue weighted by molar-refractivity contribution is 7.89. The summed E-state index contributed by atoms with van der Waals surface area (Å²) >= 11 is 0. The van der Waals surface area contributed by atoms with Gasteiger partial charge in [-0.05, 0) is 36.8 Å². The van der Waals surface area contributed by atoms with Gasteiger partial charge >= 0.3 is 6.18 Å². The zero-order valence-corrected chi connectivity index (χ0v) is 16.4. The number of ether oxygens (including phenoxy) is 1. The molecule has 7 nitrogen and oxygen atoms in total. The summed E-state index contributed by atoms with van der Waals surface area (Å²) in [5.41, 5.74) is -0.407. The molecule has 0 bridgehead atoms. The van der Waals surface area contributed by atoms with Crippen molar-refractivity contribution in [3.05, 3.63) is 47.8 Å². The fourth-order valence-corrected chi connectivity index (χ4v) is 4.62. The standard InChI is InChI=1S/C18H18F3N3O4S/c1-12-3-4-14(28-2)15(9-12)29(26,27)23-7-8-24(17(25)11-23)13-5-6-22-16(10-13)18(19,20)21/h3-6,9-10H,7-8,11H2,1-2H3. The van der Waals surface area contributed by atoms with E-state index in [0.717, 1.165) is 21.5 Å². The lowest BCUT2D eigenvalue weighted by Gasteiger charge is -2.34. The van der Waals surface area contributed by atoms with Crippen molar-refractivity contribution >= 4 is 21.6 Å². The van der Waals surface area contributed by atoms with Crippen molar-refractivity contribution in [1.82, 2.24) is 9.29 Å². The Bertz CT molecular complexity index is 1040. The van der Waals surface area contributed by atoms with E-state index < -0.39 is 34.3 Å². The number of aryl methyl sites for hydroxylation is 1. The number of sulfonamides is 1. The monoisotopic (exact) mass is 429 g/mol. The molecule has 1 fully saturated rings. The van der Waals surface area contributed by atoms with Crippen molar-refractivity contribution in [2.45, 2.75) is 18.0 Å². The molecule has 29 heavy (non-hydrogen) atoms. The van der Waals surface area contributed by atoms with Crippen LogP contribution in [0.4, 0.5) is 18.9 Å². The molecule has 1 aromatic heterocycles. The van der Waals surface area contributed by atoms with E-state index in [0.29, 0.717) is 5.56 Å². The van der Waals surface area contributed by atoms with Crippen molar-refractivity contribution in [1.29, 1.82) is 0 Å². The summed E-state index contributed by atoms with van der Waals surface area (Å²) in [4.78, 5) is 16.9. The number of carbonyl (C=O) groups is 1. The van der Waals surface area contributed by atoms with Crippen molar-refractivity contribution in [2.75, 3.05) is 31.6 Å². The second-order valence-electron chi connectivity index (χ2n) is 6.44. The van der Waals surface area contributed by atoms with E-state index in [1.807, 2.05) is 0 Å². The molecule has 1 aliphatic heterocycles. The molecule has 0 spiro atoms. The van der Waals surface area contributed by atoms with Gasteiger partial charge in [-0.15, -0.1) is 0 Å². The van der Waals surface area contributed by atoms with Crippen LogP contribution in [0, 0.1) is 6.92 Å². The fraction of sp³-hybridized carbons (Fsp3) is 0.333. The Kier molecular flexibility index (Phi) is 5.54. The predicted octanol–water partition coefficient (Wildman–Crippen LogP) is 2.45. The highest BCUT2D eigenvalue weighted by atomic mass is 32.2. The highest BCUT2D eigenvalue weighted by Crippen LogP contribution is 2.32. The topological polar surface area (TPSA) is 79.8 Å². The minimum atomic E-state index is -4.65. The molecule has 0 unspecified atom stereocenters. The van der Waals surface area contributed by atoms with Crippen LogP contribution in [0.3, 0.4) is 0 Å². The molecule has 0 atom stereocenters. The normalized spacial score (nSPS) is 16.2. The van der Waals surface area contributed by atoms with Crippen LogP contribution in [-0.2, 0) is 21.0 Å². The van der Waals surface area contributed by atoms with Gasteiger partial charge < -0.3 is 9.64 Å². The average Bonchev–Trinajstić information content (AvgIpc) is 2.67. The third-order valence-corrected chi connectivity index (χ3v) is 6.33. The number of pyridine rings is 1. The van der Waals surface area contributed by atoms with Gasteiger partial charge in [-0.3, -0.25) is 9.78 Å². The third-order valence-electron chi connectivity index (χ3n) is 4.47. The number of aromatic nitrogens is 1. The number of hydrogen-bond acceptors (Lipinski definition) is 5. The minimum absolute atomic E-state index is 0.0162. The second kappa shape index (κ2) is 7.64. The lowest BCUT2D eigenvalue weighted by atomic mass is 10.2. The summed E-state index contributed by atoms with van der Waals surface area (Å²) in [7, 11) is -2.69. The Morgan fingerprint density at radius 1 is 1.14 bits per heavy atom. The first-order chi connectivity index (χ1) is 13.5. The summed E-state index contributed by atoms with van der Waals surface area (Å²) in [6.45, 7) is 1.06. The molecule has 11 heteroatoms. The van der Waals surface area contributed by atoms with E-state index in [4.69, 9.17) is 4.74 Å². The quantitative estimate of drug-likeness (QED) is 0.746. The number of amides is 1. The molecule has 1 amide bonds. The van der Waals surface area contributed by atoms with E-state index in [-0.39, 0.29) is 29.4 Å². The Balaban J connectivity index is 1.85. The lowest BCUT2D eigenvalue weighted by Crippen LogP contribution is -2.52. The number of piperazine rings is 1. The van der Waals surface area contributed by atoms with Crippen LogP contribution in [0.15, 0.2) is 41.4 Å². The van der Waals surface area contributed by atoms with Crippen LogP contribution in [0.1, 0.15) is 11.3 Å². The largest absolute Gasteiger partial charge is 0.495 e. The Hall–Kier alpha value is -2.66. The summed E-state index contributed by atoms with van der Waals surface area (Å²) in [6.07, 6.45) is -3.68. The third kappa shape index (κ3) is 4.20. The zero-order chi connectivity index (χ0) is 21.4. The molecule has 156 valence electrons. The van der Waals surface area contributed by atoms with Gasteiger partial charge in [0.1, 0.15) is 16.3 Å². The van der Waals surface area contributed by atoms with Gasteiger partial charge in [-0.25, -0.2) is 8.42 Å². The second-order valence-corrected chi connectivity index (χ2v) is 8.34. The minimum Gasteiger partial charge on any atom is -0.495 e. The maximum Gasteiger partial charge on any atom is 0.433 e. The van der Waals surface area contributed by atoms with E-state index in [9.17, 15) is 26.4 Å². The lowest BCUT2D eigenvalue weighted by molar-refractivity contribution is -0.141. The summed E-state index contributed by atoms with van der Waals surface area (Å²) in [6, 6.07) is 6.72. The number of rotatable bonds is 4. The predicted molar refractivity (Wildman–Crippen MR) is 98.1 cm³/mol. The van der Waals surface area contributed by atoms with Gasteiger partial charge in [0.25, 0.3) is 0 Å². The van der Waals surface area contributed by atoms with Crippen molar-refractivity contribution in [2.24, 2.45) is 0 Å². The highest BCUT2D eigenvalue weighted by Gasteiger charge is 2.37. The van der Waals surface area contributed by atoms with Crippen LogP contribution >= 0.6 is 0 Å². The van der Waals surface area contributed by atoms with Crippen molar-refractivity contribution < 1.29 is 31.1 Å². The fourth-order valence-electron chi connectivity index (χ4n) is 3.00. The van der Waals surface area contributed by atoms with Gasteiger partial charge in [-0.1, -0.05) is 6.07 Å². The van der Waals surface area contributed by atoms with E-state index in [2.05, 4.69) is 4.98 Å². The molecule has 0 saturated carbocycles. The van der Waals surface area contributed by atoms with Crippen LogP contribution in [-0.4, -0.2) is 50.4 Å². The Labute approximate surface area is 165 Å². The number of halogens is 3. The Morgan fingerprint density at radius 3 is 2.48 bits per heavy atom. The van der Waals surface area contributed by atoms with Crippen molar-refractivity contribution in [3.63, 3.8) is 0 Å². The molecule has 3 rings (SSSR count). The van der Waals surface area contributed by atoms with Crippen LogP contribution in [0.5, 0.6) is 5.75 Å². The molecule has 0 N–H and O–H groups in total. The summed E-state index contributed by atoms with van der Waals surface area (Å²) < 4.78 is 70.8. The number of hydrogen-bond donors (Lipinski definition) is 0. The molecule has 2 heterocycles. The number of anilines is 1. The average molecular weight is 429 g/mol. The first kappa shape index (κ1) is 21.1. The molecule has 0 radical (unpaired) electrons. The number of carbonyl (C=O) groups excluding carboxylic acids is 1. The zero-order valence-electron chi connectivity index (χ0n) is 15.6. The SMILES string of the molecule is COc1ccc(C)cc1S(=O)(=O)N1CCN(c2ccnc(C(F)(F)F)c2)C(=O)C1. The molecular formula is C18H18F3N3O4S. The van der Waals surface area contributed by atoms with E-state index >= 15 is 0 Å². The number of methoxy groups -OCH3 is 1. The van der Waals surface area contributed by atoms with Gasteiger partial charge in [0.15, 0.2) is 0 Å². The van der Waals surface area contributed by atoms with Gasteiger partial charge in [0, 0.05) is 25.0 Å². The van der Waals surface area contributed by atoms with Crippen LogP contribution in [0.25, 0.3) is 0 Å². The number of alkyl halides is 3. The Morgan fingerprint density at radius 2 is 1.86 bits per heavy atom. The maximum absolute atomic E-state index is 13.0. The van der Waals surface area contributed by atoms with Crippen molar-refractivity contribution in [3.8, 4) is 5.75 Å². The smallest absolute Gasteiger partial charge is 0.433 e. The molecule has 1 aromatic carbocycles. The molecule has 1 aliphatic rings. The first-order valence-electron chi connectivity index (χ1n) is 8.52. The van der Waals surface area contributed by atoms with Gasteiger partial charge in [0.2, 0.25) is 15.9 Å². The van der Waals surface area contributed by atoms with Gasteiger partial charge in [-0.2, -0.15) is 17.5 Å². The summed E-state index contributed by atoms with van der Waals surface area (Å²) in [5, 5.41) is 0. The number of nitrogens with zero attached hydrogens (tertiary/aromatic N) is 3. The molecular weight excluding hydrogens is 411 g/mol. The van der Waals surface area contributed by atoms with E-state index in [1.54, 1.807) is 13.0 Å².